The van der Waals surface area contributed by atoms with Crippen molar-refractivity contribution in [3.63, 3.8) is 0 Å². The molecule has 3 heterocycles. The number of nitrogens with zero attached hydrogens (tertiary/aromatic N) is 5. The van der Waals surface area contributed by atoms with Crippen LogP contribution in [0.3, 0.4) is 0 Å². The van der Waals surface area contributed by atoms with E-state index in [0.717, 1.165) is 40.3 Å². The van der Waals surface area contributed by atoms with E-state index in [1.807, 2.05) is 36.1 Å². The lowest BCUT2D eigenvalue weighted by atomic mass is 10.0. The number of carbonyl (C=O) groups is 1. The van der Waals surface area contributed by atoms with E-state index in [1.54, 1.807) is 17.1 Å². The summed E-state index contributed by atoms with van der Waals surface area (Å²) in [6.07, 6.45) is 5.94. The molecular formula is C21H21N5O. The van der Waals surface area contributed by atoms with Crippen molar-refractivity contribution < 1.29 is 4.79 Å². The van der Waals surface area contributed by atoms with Crippen LogP contribution in [0.15, 0.2) is 42.7 Å². The second-order valence-corrected chi connectivity index (χ2v) is 7.99. The molecule has 1 saturated carbocycles. The number of hydrogen-bond acceptors (Lipinski definition) is 4. The SMILES string of the molecule is Cc1c(-c2ccc3c(c2)CN(CC2(C)CC2)C3=O)nnn1-c1cccnc1. The maximum atomic E-state index is 12.7. The minimum Gasteiger partial charge on any atom is -0.334 e. The first-order valence-electron chi connectivity index (χ1n) is 9.29. The van der Waals surface area contributed by atoms with Gasteiger partial charge in [0.1, 0.15) is 5.69 Å². The fourth-order valence-corrected chi connectivity index (χ4v) is 3.81. The Morgan fingerprint density at radius 3 is 2.81 bits per heavy atom. The molecule has 5 rings (SSSR count). The molecule has 0 atom stereocenters. The van der Waals surface area contributed by atoms with Gasteiger partial charge in [0.05, 0.1) is 17.6 Å². The topological polar surface area (TPSA) is 63.9 Å². The van der Waals surface area contributed by atoms with Crippen molar-refractivity contribution in [1.82, 2.24) is 24.9 Å². The fraction of sp³-hybridized carbons (Fsp3) is 0.333. The molecule has 6 nitrogen and oxygen atoms in total. The molecule has 0 spiro atoms. The number of rotatable bonds is 4. The first kappa shape index (κ1) is 16.2. The molecular weight excluding hydrogens is 338 g/mol. The van der Waals surface area contributed by atoms with Crippen molar-refractivity contribution in [2.45, 2.75) is 33.2 Å². The summed E-state index contributed by atoms with van der Waals surface area (Å²) in [5.41, 5.74) is 5.89. The third-order valence-electron chi connectivity index (χ3n) is 5.72. The molecule has 6 heteroatoms. The van der Waals surface area contributed by atoms with Crippen molar-refractivity contribution in [2.24, 2.45) is 5.41 Å². The van der Waals surface area contributed by atoms with Crippen molar-refractivity contribution >= 4 is 5.91 Å². The molecule has 0 radical (unpaired) electrons. The second kappa shape index (κ2) is 5.74. The van der Waals surface area contributed by atoms with Gasteiger partial charge in [-0.05, 0) is 55.0 Å². The normalized spacial score (nSPS) is 17.3. The number of fused-ring (bicyclic) bond motifs is 1. The van der Waals surface area contributed by atoms with Crippen molar-refractivity contribution in [3.05, 3.63) is 59.5 Å². The number of benzene rings is 1. The summed E-state index contributed by atoms with van der Waals surface area (Å²) in [7, 11) is 0. The van der Waals surface area contributed by atoms with E-state index in [0.29, 0.717) is 12.0 Å². The Balaban J connectivity index is 1.46. The van der Waals surface area contributed by atoms with Crippen LogP contribution in [0.2, 0.25) is 0 Å². The van der Waals surface area contributed by atoms with E-state index >= 15 is 0 Å². The highest BCUT2D eigenvalue weighted by atomic mass is 16.2. The molecule has 1 aliphatic carbocycles. The highest BCUT2D eigenvalue weighted by molar-refractivity contribution is 5.99. The molecule has 0 unspecified atom stereocenters. The van der Waals surface area contributed by atoms with Gasteiger partial charge in [-0.3, -0.25) is 9.78 Å². The van der Waals surface area contributed by atoms with Gasteiger partial charge in [0, 0.05) is 30.4 Å². The summed E-state index contributed by atoms with van der Waals surface area (Å²) in [6.45, 7) is 5.80. The Bertz CT molecular complexity index is 1040. The molecule has 1 aromatic carbocycles. The number of carbonyl (C=O) groups excluding carboxylic acids is 1. The molecule has 1 aliphatic heterocycles. The van der Waals surface area contributed by atoms with E-state index in [4.69, 9.17) is 0 Å². The third-order valence-corrected chi connectivity index (χ3v) is 5.72. The monoisotopic (exact) mass is 359 g/mol. The molecule has 3 aromatic rings. The summed E-state index contributed by atoms with van der Waals surface area (Å²) in [5.74, 6) is 0.153. The number of hydrogen-bond donors (Lipinski definition) is 0. The van der Waals surface area contributed by atoms with Crippen LogP contribution in [-0.2, 0) is 6.54 Å². The quantitative estimate of drug-likeness (QED) is 0.716. The highest BCUT2D eigenvalue weighted by Gasteiger charge is 2.41. The summed E-state index contributed by atoms with van der Waals surface area (Å²) in [5, 5.41) is 8.67. The Hall–Kier alpha value is -3.02. The smallest absolute Gasteiger partial charge is 0.254 e. The summed E-state index contributed by atoms with van der Waals surface area (Å²) in [4.78, 5) is 18.8. The van der Waals surface area contributed by atoms with Gasteiger partial charge in [-0.15, -0.1) is 5.10 Å². The minimum atomic E-state index is 0.153. The predicted octanol–water partition coefficient (Wildman–Crippen LogP) is 3.39. The fourth-order valence-electron chi connectivity index (χ4n) is 3.81. The van der Waals surface area contributed by atoms with Crippen LogP contribution >= 0.6 is 0 Å². The Morgan fingerprint density at radius 2 is 2.07 bits per heavy atom. The average Bonchev–Trinajstić information content (AvgIpc) is 3.15. The van der Waals surface area contributed by atoms with E-state index in [-0.39, 0.29) is 5.91 Å². The van der Waals surface area contributed by atoms with Gasteiger partial charge in [0.25, 0.3) is 5.91 Å². The van der Waals surface area contributed by atoms with Gasteiger partial charge in [-0.25, -0.2) is 4.68 Å². The number of aromatic nitrogens is 4. The maximum absolute atomic E-state index is 12.7. The summed E-state index contributed by atoms with van der Waals surface area (Å²) >= 11 is 0. The molecule has 0 N–H and O–H groups in total. The van der Waals surface area contributed by atoms with E-state index in [9.17, 15) is 4.79 Å². The molecule has 136 valence electrons. The minimum absolute atomic E-state index is 0.153. The van der Waals surface area contributed by atoms with Crippen LogP contribution in [0.5, 0.6) is 0 Å². The van der Waals surface area contributed by atoms with Crippen LogP contribution in [0.1, 0.15) is 41.4 Å². The van der Waals surface area contributed by atoms with E-state index < -0.39 is 0 Å². The molecule has 1 amide bonds. The van der Waals surface area contributed by atoms with Gasteiger partial charge < -0.3 is 4.90 Å². The van der Waals surface area contributed by atoms with Crippen molar-refractivity contribution in [2.75, 3.05) is 6.54 Å². The zero-order valence-corrected chi connectivity index (χ0v) is 15.5. The zero-order chi connectivity index (χ0) is 18.6. The van der Waals surface area contributed by atoms with Gasteiger partial charge in [0.15, 0.2) is 0 Å². The molecule has 27 heavy (non-hydrogen) atoms. The van der Waals surface area contributed by atoms with Crippen molar-refractivity contribution in [1.29, 1.82) is 0 Å². The van der Waals surface area contributed by atoms with Gasteiger partial charge in [-0.2, -0.15) is 0 Å². The Morgan fingerprint density at radius 1 is 1.22 bits per heavy atom. The number of pyridine rings is 1. The molecule has 2 aliphatic rings. The third kappa shape index (κ3) is 2.72. The maximum Gasteiger partial charge on any atom is 0.254 e. The summed E-state index contributed by atoms with van der Waals surface area (Å²) in [6, 6.07) is 9.84. The lowest BCUT2D eigenvalue weighted by molar-refractivity contribution is 0.0748. The lowest BCUT2D eigenvalue weighted by Gasteiger charge is -2.19. The van der Waals surface area contributed by atoms with E-state index in [2.05, 4.69) is 28.3 Å². The lowest BCUT2D eigenvalue weighted by Crippen LogP contribution is -2.29. The Kier molecular flexibility index (Phi) is 3.44. The van der Waals surface area contributed by atoms with Crippen LogP contribution in [0, 0.1) is 12.3 Å². The molecule has 0 saturated heterocycles. The first-order valence-corrected chi connectivity index (χ1v) is 9.29. The largest absolute Gasteiger partial charge is 0.334 e. The van der Waals surface area contributed by atoms with Crippen LogP contribution in [-0.4, -0.2) is 37.3 Å². The number of amides is 1. The van der Waals surface area contributed by atoms with Gasteiger partial charge in [0.2, 0.25) is 0 Å². The van der Waals surface area contributed by atoms with E-state index in [1.165, 1.54) is 12.8 Å². The second-order valence-electron chi connectivity index (χ2n) is 7.99. The van der Waals surface area contributed by atoms with Gasteiger partial charge in [-0.1, -0.05) is 18.2 Å². The predicted molar refractivity (Wildman–Crippen MR) is 101 cm³/mol. The average molecular weight is 359 g/mol. The summed E-state index contributed by atoms with van der Waals surface area (Å²) < 4.78 is 1.79. The van der Waals surface area contributed by atoms with Crippen molar-refractivity contribution in [3.8, 4) is 16.9 Å². The van der Waals surface area contributed by atoms with Crippen LogP contribution < -0.4 is 0 Å². The van der Waals surface area contributed by atoms with Crippen LogP contribution in [0.25, 0.3) is 16.9 Å². The first-order chi connectivity index (χ1) is 13.0. The standard InChI is InChI=1S/C21H21N5O/c1-14-19(23-24-26(14)17-4-3-9-22-11-17)15-5-6-18-16(10-15)12-25(20(18)27)13-21(2)7-8-21/h3-6,9-11H,7-8,12-13H2,1-2H3. The Labute approximate surface area is 157 Å². The van der Waals surface area contributed by atoms with Gasteiger partial charge >= 0.3 is 0 Å². The molecule has 2 aromatic heterocycles. The molecule has 0 bridgehead atoms. The van der Waals surface area contributed by atoms with Crippen LogP contribution in [0.4, 0.5) is 0 Å². The molecule has 1 fully saturated rings. The highest BCUT2D eigenvalue weighted by Crippen LogP contribution is 2.46. The zero-order valence-electron chi connectivity index (χ0n) is 15.5.